The molecule has 21 heavy (non-hydrogen) atoms. The van der Waals surface area contributed by atoms with Gasteiger partial charge in [-0.1, -0.05) is 6.07 Å². The maximum Gasteiger partial charge on any atom is 0.231 e. The Labute approximate surface area is 126 Å². The van der Waals surface area contributed by atoms with Crippen molar-refractivity contribution in [1.29, 1.82) is 0 Å². The molecule has 1 aromatic carbocycles. The lowest BCUT2D eigenvalue weighted by Crippen LogP contribution is -2.35. The summed E-state index contributed by atoms with van der Waals surface area (Å²) in [4.78, 5) is 14.4. The molecule has 0 saturated carbocycles. The Morgan fingerprint density at radius 1 is 1.48 bits per heavy atom. The molecule has 1 saturated heterocycles. The van der Waals surface area contributed by atoms with Crippen LogP contribution in [0.25, 0.3) is 0 Å². The second kappa shape index (κ2) is 6.91. The molecule has 1 aliphatic rings. The number of rotatable bonds is 6. The highest BCUT2D eigenvalue weighted by Crippen LogP contribution is 2.27. The molecule has 5 nitrogen and oxygen atoms in total. The minimum atomic E-state index is -0.318. The van der Waals surface area contributed by atoms with E-state index in [1.165, 1.54) is 0 Å². The van der Waals surface area contributed by atoms with Crippen molar-refractivity contribution in [3.05, 3.63) is 24.3 Å². The van der Waals surface area contributed by atoms with E-state index in [1.54, 1.807) is 0 Å². The quantitative estimate of drug-likeness (QED) is 0.835. The Morgan fingerprint density at radius 2 is 2.29 bits per heavy atom. The van der Waals surface area contributed by atoms with E-state index >= 15 is 0 Å². The largest absolute Gasteiger partial charge is 0.492 e. The highest BCUT2D eigenvalue weighted by Gasteiger charge is 2.36. The van der Waals surface area contributed by atoms with Crippen LogP contribution in [-0.2, 0) is 4.79 Å². The number of carbonyl (C=O) groups is 1. The smallest absolute Gasteiger partial charge is 0.231 e. The number of likely N-dealkylation sites (N-methyl/N-ethyl adjacent to an activating group) is 1. The number of hydrogen-bond acceptors (Lipinski definition) is 4. The van der Waals surface area contributed by atoms with Crippen LogP contribution in [0.3, 0.4) is 0 Å². The van der Waals surface area contributed by atoms with Crippen LogP contribution in [-0.4, -0.2) is 51.1 Å². The van der Waals surface area contributed by atoms with Gasteiger partial charge >= 0.3 is 0 Å². The third kappa shape index (κ3) is 4.44. The summed E-state index contributed by atoms with van der Waals surface area (Å²) in [7, 11) is 4.02. The van der Waals surface area contributed by atoms with E-state index in [0.717, 1.165) is 37.5 Å². The van der Waals surface area contributed by atoms with Crippen molar-refractivity contribution < 1.29 is 9.53 Å². The fraction of sp³-hybridized carbons (Fsp3) is 0.562. The summed E-state index contributed by atoms with van der Waals surface area (Å²) in [6.45, 7) is 5.13. The molecular weight excluding hydrogens is 266 g/mol. The minimum Gasteiger partial charge on any atom is -0.492 e. The maximum atomic E-state index is 12.4. The average molecular weight is 291 g/mol. The summed E-state index contributed by atoms with van der Waals surface area (Å²) >= 11 is 0. The molecule has 0 bridgehead atoms. The SMILES string of the molecule is CN(C)CCOc1cccc(NC(=O)C2(C)CCNC2)c1. The topological polar surface area (TPSA) is 53.6 Å². The van der Waals surface area contributed by atoms with Gasteiger partial charge in [-0.2, -0.15) is 0 Å². The molecule has 1 amide bonds. The molecule has 1 aliphatic heterocycles. The first-order valence-electron chi connectivity index (χ1n) is 7.39. The second-order valence-corrected chi connectivity index (χ2v) is 6.12. The van der Waals surface area contributed by atoms with E-state index in [1.807, 2.05) is 45.3 Å². The van der Waals surface area contributed by atoms with Gasteiger partial charge in [-0.05, 0) is 46.1 Å². The summed E-state index contributed by atoms with van der Waals surface area (Å²) in [5.74, 6) is 0.849. The first kappa shape index (κ1) is 15.8. The zero-order valence-electron chi connectivity index (χ0n) is 13.1. The van der Waals surface area contributed by atoms with Crippen LogP contribution in [0.1, 0.15) is 13.3 Å². The number of hydrogen-bond donors (Lipinski definition) is 2. The number of anilines is 1. The fourth-order valence-electron chi connectivity index (χ4n) is 2.30. The molecule has 1 unspecified atom stereocenters. The van der Waals surface area contributed by atoms with Crippen molar-refractivity contribution in [3.8, 4) is 5.75 Å². The first-order valence-corrected chi connectivity index (χ1v) is 7.39. The number of carbonyl (C=O) groups excluding carboxylic acids is 1. The van der Waals surface area contributed by atoms with Crippen LogP contribution >= 0.6 is 0 Å². The van der Waals surface area contributed by atoms with E-state index < -0.39 is 0 Å². The van der Waals surface area contributed by atoms with Gasteiger partial charge in [0.2, 0.25) is 5.91 Å². The third-order valence-electron chi connectivity index (χ3n) is 3.82. The van der Waals surface area contributed by atoms with Crippen LogP contribution in [0.5, 0.6) is 5.75 Å². The first-order chi connectivity index (χ1) is 9.99. The second-order valence-electron chi connectivity index (χ2n) is 6.12. The van der Waals surface area contributed by atoms with E-state index in [4.69, 9.17) is 4.74 Å². The molecule has 5 heteroatoms. The van der Waals surface area contributed by atoms with Crippen LogP contribution in [0.4, 0.5) is 5.69 Å². The molecule has 0 aromatic heterocycles. The van der Waals surface area contributed by atoms with E-state index in [0.29, 0.717) is 6.61 Å². The molecule has 116 valence electrons. The Kier molecular flexibility index (Phi) is 5.20. The summed E-state index contributed by atoms with van der Waals surface area (Å²) in [6, 6.07) is 7.57. The highest BCUT2D eigenvalue weighted by atomic mass is 16.5. The molecule has 1 aromatic rings. The maximum absolute atomic E-state index is 12.4. The predicted molar refractivity (Wildman–Crippen MR) is 84.7 cm³/mol. The summed E-state index contributed by atoms with van der Waals surface area (Å²) < 4.78 is 5.68. The van der Waals surface area contributed by atoms with E-state index in [2.05, 4.69) is 15.5 Å². The lowest BCUT2D eigenvalue weighted by atomic mass is 9.89. The fourth-order valence-corrected chi connectivity index (χ4v) is 2.30. The Bertz CT molecular complexity index is 482. The monoisotopic (exact) mass is 291 g/mol. The van der Waals surface area contributed by atoms with Gasteiger partial charge in [0.15, 0.2) is 0 Å². The van der Waals surface area contributed by atoms with Gasteiger partial charge in [0.25, 0.3) is 0 Å². The molecular formula is C16H25N3O2. The standard InChI is InChI=1S/C16H25N3O2/c1-16(7-8-17-12-16)15(20)18-13-5-4-6-14(11-13)21-10-9-19(2)3/h4-6,11,17H,7-10,12H2,1-3H3,(H,18,20). The van der Waals surface area contributed by atoms with Crippen LogP contribution in [0.15, 0.2) is 24.3 Å². The van der Waals surface area contributed by atoms with Crippen LogP contribution < -0.4 is 15.4 Å². The Balaban J connectivity index is 1.93. The number of benzene rings is 1. The summed E-state index contributed by atoms with van der Waals surface area (Å²) in [6.07, 6.45) is 0.873. The lowest BCUT2D eigenvalue weighted by molar-refractivity contribution is -0.123. The molecule has 1 fully saturated rings. The van der Waals surface area contributed by atoms with Crippen molar-refractivity contribution >= 4 is 11.6 Å². The third-order valence-corrected chi connectivity index (χ3v) is 3.82. The Morgan fingerprint density at radius 3 is 2.95 bits per heavy atom. The molecule has 1 heterocycles. The summed E-state index contributed by atoms with van der Waals surface area (Å²) in [5.41, 5.74) is 0.470. The number of ether oxygens (including phenoxy) is 1. The number of amides is 1. The van der Waals surface area contributed by atoms with Gasteiger partial charge in [0.1, 0.15) is 12.4 Å². The Hall–Kier alpha value is -1.59. The van der Waals surface area contributed by atoms with Crippen LogP contribution in [0.2, 0.25) is 0 Å². The molecule has 1 atom stereocenters. The zero-order chi connectivity index (χ0) is 15.3. The predicted octanol–water partition coefficient (Wildman–Crippen LogP) is 1.57. The molecule has 2 N–H and O–H groups in total. The van der Waals surface area contributed by atoms with E-state index in [-0.39, 0.29) is 11.3 Å². The van der Waals surface area contributed by atoms with Gasteiger partial charge < -0.3 is 20.3 Å². The zero-order valence-corrected chi connectivity index (χ0v) is 13.1. The highest BCUT2D eigenvalue weighted by molar-refractivity contribution is 5.95. The number of nitrogens with zero attached hydrogens (tertiary/aromatic N) is 1. The lowest BCUT2D eigenvalue weighted by Gasteiger charge is -2.21. The van der Waals surface area contributed by atoms with Crippen molar-refractivity contribution in [3.63, 3.8) is 0 Å². The van der Waals surface area contributed by atoms with Crippen molar-refractivity contribution in [2.75, 3.05) is 45.7 Å². The molecule has 0 spiro atoms. The number of nitrogens with one attached hydrogen (secondary N) is 2. The van der Waals surface area contributed by atoms with Crippen molar-refractivity contribution in [2.45, 2.75) is 13.3 Å². The summed E-state index contributed by atoms with van der Waals surface area (Å²) in [5, 5.41) is 6.23. The molecule has 0 radical (unpaired) electrons. The van der Waals surface area contributed by atoms with Crippen LogP contribution in [0, 0.1) is 5.41 Å². The van der Waals surface area contributed by atoms with Crippen molar-refractivity contribution in [1.82, 2.24) is 10.2 Å². The van der Waals surface area contributed by atoms with Gasteiger partial charge in [0.05, 0.1) is 5.41 Å². The van der Waals surface area contributed by atoms with Gasteiger partial charge in [-0.3, -0.25) is 4.79 Å². The van der Waals surface area contributed by atoms with Gasteiger partial charge in [-0.25, -0.2) is 0 Å². The molecule has 0 aliphatic carbocycles. The minimum absolute atomic E-state index is 0.0675. The molecule has 2 rings (SSSR count). The van der Waals surface area contributed by atoms with Gasteiger partial charge in [0, 0.05) is 24.8 Å². The normalized spacial score (nSPS) is 21.5. The van der Waals surface area contributed by atoms with Gasteiger partial charge in [-0.15, -0.1) is 0 Å². The van der Waals surface area contributed by atoms with E-state index in [9.17, 15) is 4.79 Å². The average Bonchev–Trinajstić information content (AvgIpc) is 2.87. The van der Waals surface area contributed by atoms with Crippen molar-refractivity contribution in [2.24, 2.45) is 5.41 Å².